The monoisotopic (exact) mass is 160 g/mol. The van der Waals surface area contributed by atoms with E-state index >= 15 is 0 Å². The standard InChI is InChI=1S/C7H13FN2O/c1-2-7(11)10-6-4-9-3-5(6)8/h5-6,9H,2-4H2,1H3,(H,10,11)/t5-,6-/m1/s1. The average Bonchev–Trinajstić information content (AvgIpc) is 2.37. The van der Waals surface area contributed by atoms with E-state index in [1.165, 1.54) is 0 Å². The number of carbonyl (C=O) groups is 1. The highest BCUT2D eigenvalue weighted by Crippen LogP contribution is 2.03. The van der Waals surface area contributed by atoms with Crippen LogP contribution in [0.4, 0.5) is 4.39 Å². The van der Waals surface area contributed by atoms with E-state index in [0.717, 1.165) is 0 Å². The van der Waals surface area contributed by atoms with Crippen LogP contribution in [0.15, 0.2) is 0 Å². The van der Waals surface area contributed by atoms with Crippen LogP contribution in [0.1, 0.15) is 13.3 Å². The lowest BCUT2D eigenvalue weighted by Crippen LogP contribution is -2.40. The minimum Gasteiger partial charge on any atom is -0.349 e. The number of hydrogen-bond donors (Lipinski definition) is 2. The van der Waals surface area contributed by atoms with E-state index < -0.39 is 6.17 Å². The number of carbonyl (C=O) groups excluding carboxylic acids is 1. The van der Waals surface area contributed by atoms with Crippen molar-refractivity contribution >= 4 is 5.91 Å². The minimum absolute atomic E-state index is 0.0821. The second-order valence-electron chi connectivity index (χ2n) is 2.70. The van der Waals surface area contributed by atoms with Crippen LogP contribution in [0.25, 0.3) is 0 Å². The first-order valence-corrected chi connectivity index (χ1v) is 3.88. The fourth-order valence-electron chi connectivity index (χ4n) is 1.10. The summed E-state index contributed by atoms with van der Waals surface area (Å²) in [5.41, 5.74) is 0. The molecule has 11 heavy (non-hydrogen) atoms. The van der Waals surface area contributed by atoms with Gasteiger partial charge in [-0.15, -0.1) is 0 Å². The number of halogens is 1. The molecule has 0 aromatic heterocycles. The molecule has 0 aromatic rings. The number of hydrogen-bond acceptors (Lipinski definition) is 2. The van der Waals surface area contributed by atoms with Crippen LogP contribution in [-0.4, -0.2) is 31.2 Å². The first-order valence-electron chi connectivity index (χ1n) is 3.88. The first kappa shape index (κ1) is 8.46. The van der Waals surface area contributed by atoms with E-state index in [1.54, 1.807) is 6.92 Å². The Morgan fingerprint density at radius 1 is 1.73 bits per heavy atom. The van der Waals surface area contributed by atoms with E-state index in [9.17, 15) is 9.18 Å². The van der Waals surface area contributed by atoms with Gasteiger partial charge in [0.15, 0.2) is 0 Å². The zero-order chi connectivity index (χ0) is 8.27. The Hall–Kier alpha value is -0.640. The van der Waals surface area contributed by atoms with Gasteiger partial charge in [0.2, 0.25) is 5.91 Å². The zero-order valence-corrected chi connectivity index (χ0v) is 6.56. The van der Waals surface area contributed by atoms with Gasteiger partial charge in [-0.05, 0) is 0 Å². The van der Waals surface area contributed by atoms with Crippen molar-refractivity contribution in [3.8, 4) is 0 Å². The van der Waals surface area contributed by atoms with Crippen molar-refractivity contribution in [2.45, 2.75) is 25.6 Å². The van der Waals surface area contributed by atoms with Gasteiger partial charge in [0.25, 0.3) is 0 Å². The Balaban J connectivity index is 2.30. The molecule has 1 aliphatic rings. The van der Waals surface area contributed by atoms with Gasteiger partial charge in [-0.3, -0.25) is 4.79 Å². The zero-order valence-electron chi connectivity index (χ0n) is 6.56. The third-order valence-electron chi connectivity index (χ3n) is 1.81. The fourth-order valence-corrected chi connectivity index (χ4v) is 1.10. The summed E-state index contributed by atoms with van der Waals surface area (Å²) in [7, 11) is 0. The molecular formula is C7H13FN2O. The molecule has 0 radical (unpaired) electrons. The summed E-state index contributed by atoms with van der Waals surface area (Å²) in [6.07, 6.45) is -0.506. The topological polar surface area (TPSA) is 41.1 Å². The molecule has 0 aliphatic carbocycles. The van der Waals surface area contributed by atoms with Crippen LogP contribution >= 0.6 is 0 Å². The molecular weight excluding hydrogens is 147 g/mol. The lowest BCUT2D eigenvalue weighted by atomic mass is 10.2. The van der Waals surface area contributed by atoms with E-state index in [4.69, 9.17) is 0 Å². The molecule has 2 atom stereocenters. The molecule has 0 aromatic carbocycles. The maximum atomic E-state index is 12.8. The highest BCUT2D eigenvalue weighted by molar-refractivity contribution is 5.75. The Morgan fingerprint density at radius 2 is 2.45 bits per heavy atom. The van der Waals surface area contributed by atoms with E-state index in [-0.39, 0.29) is 11.9 Å². The second-order valence-corrected chi connectivity index (χ2v) is 2.70. The maximum absolute atomic E-state index is 12.8. The molecule has 0 saturated carbocycles. The van der Waals surface area contributed by atoms with Gasteiger partial charge in [0.1, 0.15) is 6.17 Å². The van der Waals surface area contributed by atoms with Crippen LogP contribution < -0.4 is 10.6 Å². The smallest absolute Gasteiger partial charge is 0.220 e. The Bertz CT molecular complexity index is 151. The maximum Gasteiger partial charge on any atom is 0.220 e. The van der Waals surface area contributed by atoms with Gasteiger partial charge in [0.05, 0.1) is 6.04 Å². The van der Waals surface area contributed by atoms with Crippen LogP contribution in [0.5, 0.6) is 0 Å². The first-order chi connectivity index (χ1) is 5.24. The molecule has 3 nitrogen and oxygen atoms in total. The third-order valence-corrected chi connectivity index (χ3v) is 1.81. The fraction of sp³-hybridized carbons (Fsp3) is 0.857. The summed E-state index contributed by atoms with van der Waals surface area (Å²) >= 11 is 0. The van der Waals surface area contributed by atoms with E-state index in [2.05, 4.69) is 10.6 Å². The lowest BCUT2D eigenvalue weighted by Gasteiger charge is -2.12. The van der Waals surface area contributed by atoms with E-state index in [1.807, 2.05) is 0 Å². The highest BCUT2D eigenvalue weighted by Gasteiger charge is 2.27. The normalized spacial score (nSPS) is 30.4. The minimum atomic E-state index is -0.925. The van der Waals surface area contributed by atoms with Crippen LogP contribution in [-0.2, 0) is 4.79 Å². The van der Waals surface area contributed by atoms with Gasteiger partial charge >= 0.3 is 0 Å². The molecule has 1 heterocycles. The van der Waals surface area contributed by atoms with Crippen molar-refractivity contribution in [1.29, 1.82) is 0 Å². The third kappa shape index (κ3) is 2.15. The summed E-state index contributed by atoms with van der Waals surface area (Å²) in [5.74, 6) is -0.0821. The average molecular weight is 160 g/mol. The number of rotatable bonds is 2. The van der Waals surface area contributed by atoms with E-state index in [0.29, 0.717) is 19.5 Å². The summed E-state index contributed by atoms with van der Waals surface area (Å²) < 4.78 is 12.8. The van der Waals surface area contributed by atoms with Crippen LogP contribution in [0.3, 0.4) is 0 Å². The van der Waals surface area contributed by atoms with Crippen molar-refractivity contribution in [1.82, 2.24) is 10.6 Å². The van der Waals surface area contributed by atoms with Crippen LogP contribution in [0, 0.1) is 0 Å². The molecule has 4 heteroatoms. The van der Waals surface area contributed by atoms with Crippen molar-refractivity contribution in [2.75, 3.05) is 13.1 Å². The molecule has 1 aliphatic heterocycles. The second kappa shape index (κ2) is 3.67. The van der Waals surface area contributed by atoms with Crippen molar-refractivity contribution in [3.63, 3.8) is 0 Å². The summed E-state index contributed by atoms with van der Waals surface area (Å²) in [5, 5.41) is 5.46. The summed E-state index contributed by atoms with van der Waals surface area (Å²) in [6, 6.07) is -0.317. The molecule has 0 unspecified atom stereocenters. The Labute approximate surface area is 65.3 Å². The molecule has 64 valence electrons. The van der Waals surface area contributed by atoms with Gasteiger partial charge in [-0.1, -0.05) is 6.92 Å². The molecule has 0 spiro atoms. The van der Waals surface area contributed by atoms with Gasteiger partial charge < -0.3 is 10.6 Å². The van der Waals surface area contributed by atoms with Crippen molar-refractivity contribution in [2.24, 2.45) is 0 Å². The van der Waals surface area contributed by atoms with Crippen LogP contribution in [0.2, 0.25) is 0 Å². The number of nitrogens with one attached hydrogen (secondary N) is 2. The SMILES string of the molecule is CCC(=O)N[C@@H]1CNC[C@H]1F. The predicted molar refractivity (Wildman–Crippen MR) is 40.0 cm³/mol. The Morgan fingerprint density at radius 3 is 2.91 bits per heavy atom. The molecule has 1 saturated heterocycles. The lowest BCUT2D eigenvalue weighted by molar-refractivity contribution is -0.121. The summed E-state index contributed by atoms with van der Waals surface area (Å²) in [4.78, 5) is 10.8. The molecule has 2 N–H and O–H groups in total. The quantitative estimate of drug-likeness (QED) is 0.588. The number of alkyl halides is 1. The predicted octanol–water partition coefficient (Wildman–Crippen LogP) is -0.177. The Kier molecular flexibility index (Phi) is 2.82. The molecule has 1 fully saturated rings. The van der Waals surface area contributed by atoms with Crippen molar-refractivity contribution < 1.29 is 9.18 Å². The number of amides is 1. The molecule has 1 rings (SSSR count). The molecule has 1 amide bonds. The molecule has 0 bridgehead atoms. The largest absolute Gasteiger partial charge is 0.349 e. The van der Waals surface area contributed by atoms with Gasteiger partial charge in [-0.25, -0.2) is 4.39 Å². The van der Waals surface area contributed by atoms with Crippen molar-refractivity contribution in [3.05, 3.63) is 0 Å². The highest BCUT2D eigenvalue weighted by atomic mass is 19.1. The summed E-state index contributed by atoms with van der Waals surface area (Å²) in [6.45, 7) is 2.66. The van der Waals surface area contributed by atoms with Gasteiger partial charge in [0, 0.05) is 19.5 Å². The van der Waals surface area contributed by atoms with Gasteiger partial charge in [-0.2, -0.15) is 0 Å².